The first-order chi connectivity index (χ1) is 24.3. The van der Waals surface area contributed by atoms with Crippen molar-refractivity contribution in [3.63, 3.8) is 0 Å². The Balaban J connectivity index is 1.22. The largest absolute Gasteiger partial charge is 0.459 e. The molecule has 5 heteroatoms. The molecular formula is C44H31N3OSi. The SMILES string of the molecule is c1ccc([Si](c2ccccc2)(c2ccccc2)c2ccc3c(c2)c2ccccc2n3-c2ccc3c(c2)nc2n3-c3ccccc3CO2)cc1. The van der Waals surface area contributed by atoms with Gasteiger partial charge < -0.3 is 9.30 Å². The fourth-order valence-electron chi connectivity index (χ4n) is 8.06. The predicted molar refractivity (Wildman–Crippen MR) is 203 cm³/mol. The van der Waals surface area contributed by atoms with Crippen molar-refractivity contribution in [2.45, 2.75) is 6.61 Å². The van der Waals surface area contributed by atoms with Crippen molar-refractivity contribution in [2.24, 2.45) is 0 Å². The molecule has 3 heterocycles. The van der Waals surface area contributed by atoms with Gasteiger partial charge in [0, 0.05) is 22.0 Å². The Morgan fingerprint density at radius 3 is 1.78 bits per heavy atom. The summed E-state index contributed by atoms with van der Waals surface area (Å²) in [4.78, 5) is 4.96. The van der Waals surface area contributed by atoms with Gasteiger partial charge >= 0.3 is 6.01 Å². The van der Waals surface area contributed by atoms with Gasteiger partial charge in [-0.15, -0.1) is 0 Å². The van der Waals surface area contributed by atoms with Gasteiger partial charge in [-0.1, -0.05) is 140 Å². The minimum atomic E-state index is -2.68. The molecule has 0 fully saturated rings. The van der Waals surface area contributed by atoms with E-state index in [0.29, 0.717) is 12.6 Å². The van der Waals surface area contributed by atoms with E-state index in [1.54, 1.807) is 0 Å². The highest BCUT2D eigenvalue weighted by Crippen LogP contribution is 2.36. The molecule has 2 aromatic heterocycles. The van der Waals surface area contributed by atoms with E-state index in [-0.39, 0.29) is 0 Å². The van der Waals surface area contributed by atoms with E-state index in [9.17, 15) is 0 Å². The first kappa shape index (κ1) is 27.9. The Morgan fingerprint density at radius 1 is 0.469 bits per heavy atom. The molecule has 0 amide bonds. The molecule has 0 saturated heterocycles. The number of fused-ring (bicyclic) bond motifs is 8. The lowest BCUT2D eigenvalue weighted by molar-refractivity contribution is 0.265. The number of para-hydroxylation sites is 2. The lowest BCUT2D eigenvalue weighted by Crippen LogP contribution is -2.74. The van der Waals surface area contributed by atoms with Gasteiger partial charge in [-0.3, -0.25) is 4.57 Å². The molecule has 1 aliphatic heterocycles. The average molecular weight is 646 g/mol. The quantitative estimate of drug-likeness (QED) is 0.144. The van der Waals surface area contributed by atoms with Crippen LogP contribution < -0.4 is 25.5 Å². The van der Waals surface area contributed by atoms with Crippen LogP contribution in [0.4, 0.5) is 0 Å². The van der Waals surface area contributed by atoms with Gasteiger partial charge in [0.15, 0.2) is 8.07 Å². The maximum Gasteiger partial charge on any atom is 0.302 e. The number of rotatable bonds is 5. The zero-order valence-electron chi connectivity index (χ0n) is 26.7. The van der Waals surface area contributed by atoms with E-state index in [4.69, 9.17) is 9.72 Å². The lowest BCUT2D eigenvalue weighted by Gasteiger charge is -2.34. The van der Waals surface area contributed by atoms with Crippen LogP contribution in [0.25, 0.3) is 44.2 Å². The predicted octanol–water partition coefficient (Wildman–Crippen LogP) is 7.39. The molecule has 0 N–H and O–H groups in total. The van der Waals surface area contributed by atoms with Crippen LogP contribution in [-0.2, 0) is 6.61 Å². The Bertz CT molecular complexity index is 2560. The molecule has 0 saturated carbocycles. The summed E-state index contributed by atoms with van der Waals surface area (Å²) in [6.45, 7) is 0.529. The molecule has 0 spiro atoms. The van der Waals surface area contributed by atoms with Crippen molar-refractivity contribution in [3.8, 4) is 17.4 Å². The Kier molecular flexibility index (Phi) is 6.23. The summed E-state index contributed by atoms with van der Waals surface area (Å²) >= 11 is 0. The highest BCUT2D eigenvalue weighted by atomic mass is 28.3. The van der Waals surface area contributed by atoms with Crippen molar-refractivity contribution in [2.75, 3.05) is 0 Å². The number of ether oxygens (including phenoxy) is 1. The monoisotopic (exact) mass is 645 g/mol. The van der Waals surface area contributed by atoms with Crippen LogP contribution in [0.2, 0.25) is 0 Å². The number of imidazole rings is 1. The maximum atomic E-state index is 6.11. The molecule has 0 atom stereocenters. The number of hydrogen-bond acceptors (Lipinski definition) is 2. The summed E-state index contributed by atoms with van der Waals surface area (Å²) in [6, 6.07) is 65.0. The molecule has 7 aromatic carbocycles. The summed E-state index contributed by atoms with van der Waals surface area (Å²) < 4.78 is 10.6. The van der Waals surface area contributed by atoms with Crippen LogP contribution in [0.5, 0.6) is 6.01 Å². The first-order valence-electron chi connectivity index (χ1n) is 16.7. The van der Waals surface area contributed by atoms with E-state index >= 15 is 0 Å². The minimum Gasteiger partial charge on any atom is -0.459 e. The molecule has 0 aliphatic carbocycles. The van der Waals surface area contributed by atoms with Gasteiger partial charge in [0.05, 0.1) is 27.8 Å². The molecule has 0 bridgehead atoms. The third-order valence-corrected chi connectivity index (χ3v) is 15.0. The second kappa shape index (κ2) is 10.9. The molecule has 49 heavy (non-hydrogen) atoms. The van der Waals surface area contributed by atoms with Gasteiger partial charge in [0.1, 0.15) is 6.61 Å². The van der Waals surface area contributed by atoms with Gasteiger partial charge in [0.25, 0.3) is 0 Å². The topological polar surface area (TPSA) is 32.0 Å². The Labute approximate surface area is 285 Å². The van der Waals surface area contributed by atoms with Gasteiger partial charge in [-0.25, -0.2) is 0 Å². The third-order valence-electron chi connectivity index (χ3n) is 10.2. The second-order valence-corrected chi connectivity index (χ2v) is 16.6. The number of aromatic nitrogens is 3. The van der Waals surface area contributed by atoms with Crippen LogP contribution in [0.1, 0.15) is 5.56 Å². The van der Waals surface area contributed by atoms with E-state index in [0.717, 1.165) is 28.0 Å². The molecule has 0 radical (unpaired) electrons. The van der Waals surface area contributed by atoms with Crippen LogP contribution >= 0.6 is 0 Å². The highest BCUT2D eigenvalue weighted by Gasteiger charge is 2.41. The van der Waals surface area contributed by atoms with E-state index in [2.05, 4.69) is 185 Å². The summed E-state index contributed by atoms with van der Waals surface area (Å²) in [5.41, 5.74) is 7.67. The standard InChI is InChI=1S/C44H31N3OSi/c1-4-15-33(16-5-1)49(34-17-6-2-7-18-34,35-19-8-3-9-20-35)36-25-27-42-38(29-36)37-21-11-13-23-41(37)46(42)32-24-26-43-39(28-32)45-44-47(43)40-22-12-10-14-31(40)30-48-44/h1-29H,30H2. The van der Waals surface area contributed by atoms with E-state index < -0.39 is 8.07 Å². The maximum absolute atomic E-state index is 6.11. The molecule has 0 unspecified atom stereocenters. The second-order valence-electron chi connectivity index (χ2n) is 12.8. The van der Waals surface area contributed by atoms with Crippen LogP contribution in [-0.4, -0.2) is 22.2 Å². The van der Waals surface area contributed by atoms with Crippen LogP contribution in [0.15, 0.2) is 176 Å². The third kappa shape index (κ3) is 4.12. The fraction of sp³-hybridized carbons (Fsp3) is 0.0227. The minimum absolute atomic E-state index is 0.529. The lowest BCUT2D eigenvalue weighted by atomic mass is 10.1. The van der Waals surface area contributed by atoms with Crippen molar-refractivity contribution in [1.29, 1.82) is 0 Å². The normalized spacial score (nSPS) is 12.6. The van der Waals surface area contributed by atoms with Crippen LogP contribution in [0, 0.1) is 0 Å². The number of hydrogen-bond donors (Lipinski definition) is 0. The molecule has 4 nitrogen and oxygen atoms in total. The molecule has 9 aromatic rings. The Hall–Kier alpha value is -6.17. The van der Waals surface area contributed by atoms with Gasteiger partial charge in [0.2, 0.25) is 0 Å². The fourth-order valence-corrected chi connectivity index (χ4v) is 12.8. The van der Waals surface area contributed by atoms with Crippen molar-refractivity contribution in [3.05, 3.63) is 181 Å². The molecule has 1 aliphatic rings. The molecule has 232 valence electrons. The van der Waals surface area contributed by atoms with E-state index in [1.165, 1.54) is 42.6 Å². The van der Waals surface area contributed by atoms with Crippen molar-refractivity contribution in [1.82, 2.24) is 14.1 Å². The average Bonchev–Trinajstić information content (AvgIpc) is 3.72. The summed E-state index contributed by atoms with van der Waals surface area (Å²) in [6.07, 6.45) is 0. The summed E-state index contributed by atoms with van der Waals surface area (Å²) in [7, 11) is -2.68. The van der Waals surface area contributed by atoms with Gasteiger partial charge in [-0.2, -0.15) is 4.98 Å². The van der Waals surface area contributed by atoms with Crippen LogP contribution in [0.3, 0.4) is 0 Å². The number of benzene rings is 7. The Morgan fingerprint density at radius 2 is 1.06 bits per heavy atom. The number of nitrogens with zero attached hydrogens (tertiary/aromatic N) is 3. The summed E-state index contributed by atoms with van der Waals surface area (Å²) in [5.74, 6) is 0. The summed E-state index contributed by atoms with van der Waals surface area (Å²) in [5, 5.41) is 7.95. The highest BCUT2D eigenvalue weighted by molar-refractivity contribution is 7.20. The zero-order chi connectivity index (χ0) is 32.4. The van der Waals surface area contributed by atoms with Gasteiger partial charge in [-0.05, 0) is 57.1 Å². The molecular weight excluding hydrogens is 615 g/mol. The first-order valence-corrected chi connectivity index (χ1v) is 18.7. The smallest absolute Gasteiger partial charge is 0.302 e. The van der Waals surface area contributed by atoms with E-state index in [1.807, 2.05) is 0 Å². The van der Waals surface area contributed by atoms with Crippen molar-refractivity contribution < 1.29 is 4.74 Å². The molecule has 10 rings (SSSR count). The van der Waals surface area contributed by atoms with Crippen molar-refractivity contribution >= 4 is 61.7 Å². The zero-order valence-corrected chi connectivity index (χ0v) is 27.7.